The predicted molar refractivity (Wildman–Crippen MR) is 80.2 cm³/mol. The number of nitrogens with one attached hydrogen (secondary N) is 1. The minimum atomic E-state index is 0.175. The number of hydrogen-bond donors (Lipinski definition) is 1. The van der Waals surface area contributed by atoms with Crippen molar-refractivity contribution < 1.29 is 4.52 Å². The van der Waals surface area contributed by atoms with Gasteiger partial charge in [0.15, 0.2) is 0 Å². The highest BCUT2D eigenvalue weighted by Gasteiger charge is 2.21. The van der Waals surface area contributed by atoms with E-state index in [9.17, 15) is 0 Å². The molecule has 0 saturated carbocycles. The second-order valence-corrected chi connectivity index (χ2v) is 6.51. The van der Waals surface area contributed by atoms with E-state index in [1.807, 2.05) is 30.0 Å². The van der Waals surface area contributed by atoms with E-state index in [0.29, 0.717) is 11.7 Å². The van der Waals surface area contributed by atoms with E-state index in [-0.39, 0.29) is 6.04 Å². The van der Waals surface area contributed by atoms with E-state index in [0.717, 1.165) is 28.1 Å². The third-order valence-corrected chi connectivity index (χ3v) is 5.01. The lowest BCUT2D eigenvalue weighted by atomic mass is 10.1. The zero-order valence-electron chi connectivity index (χ0n) is 10.5. The molecule has 2 heterocycles. The zero-order valence-corrected chi connectivity index (χ0v) is 12.9. The molecular weight excluding hydrogens is 326 g/mol. The first kappa shape index (κ1) is 13.1. The van der Waals surface area contributed by atoms with Gasteiger partial charge in [-0.3, -0.25) is 0 Å². The number of nitrogens with zero attached hydrogens (tertiary/aromatic N) is 2. The first-order chi connectivity index (χ1) is 9.24. The molecule has 0 amide bonds. The van der Waals surface area contributed by atoms with Crippen molar-refractivity contribution in [2.75, 3.05) is 18.1 Å². The molecule has 100 valence electrons. The Morgan fingerprint density at radius 3 is 3.11 bits per heavy atom. The third kappa shape index (κ3) is 2.85. The van der Waals surface area contributed by atoms with E-state index in [1.54, 1.807) is 0 Å². The minimum absolute atomic E-state index is 0.175. The Hall–Kier alpha value is -0.850. The molecule has 6 heteroatoms. The molecule has 19 heavy (non-hydrogen) atoms. The van der Waals surface area contributed by atoms with Crippen LogP contribution < -0.4 is 5.32 Å². The topological polar surface area (TPSA) is 51.0 Å². The Morgan fingerprint density at radius 2 is 2.37 bits per heavy atom. The molecular formula is C13H14BrN3OS. The SMILES string of the molecule is Cc1ccc(-c2noc(C3CSCCN3)n2)cc1Br. The largest absolute Gasteiger partial charge is 0.337 e. The Kier molecular flexibility index (Phi) is 3.91. The molecule has 0 aliphatic carbocycles. The summed E-state index contributed by atoms with van der Waals surface area (Å²) in [4.78, 5) is 4.50. The average Bonchev–Trinajstić information content (AvgIpc) is 2.93. The average molecular weight is 340 g/mol. The lowest BCUT2D eigenvalue weighted by molar-refractivity contribution is 0.342. The molecule has 1 N–H and O–H groups in total. The maximum absolute atomic E-state index is 5.38. The molecule has 0 bridgehead atoms. The molecule has 1 aliphatic heterocycles. The molecule has 4 nitrogen and oxygen atoms in total. The van der Waals surface area contributed by atoms with Gasteiger partial charge in [-0.25, -0.2) is 0 Å². The monoisotopic (exact) mass is 339 g/mol. The van der Waals surface area contributed by atoms with Gasteiger partial charge in [-0.05, 0) is 18.6 Å². The molecule has 1 aromatic carbocycles. The predicted octanol–water partition coefficient (Wildman–Crippen LogP) is 3.19. The lowest BCUT2D eigenvalue weighted by Crippen LogP contribution is -2.30. The van der Waals surface area contributed by atoms with Crippen LogP contribution in [-0.2, 0) is 0 Å². The summed E-state index contributed by atoms with van der Waals surface area (Å²) in [5.41, 5.74) is 2.16. The number of hydrogen-bond acceptors (Lipinski definition) is 5. The first-order valence-electron chi connectivity index (χ1n) is 6.15. The van der Waals surface area contributed by atoms with Crippen LogP contribution in [0.4, 0.5) is 0 Å². The van der Waals surface area contributed by atoms with Crippen LogP contribution in [0.5, 0.6) is 0 Å². The molecule has 1 aliphatic rings. The van der Waals surface area contributed by atoms with Crippen LogP contribution in [0.15, 0.2) is 27.2 Å². The molecule has 1 fully saturated rings. The van der Waals surface area contributed by atoms with E-state index >= 15 is 0 Å². The van der Waals surface area contributed by atoms with Crippen molar-refractivity contribution >= 4 is 27.7 Å². The molecule has 0 radical (unpaired) electrons. The quantitative estimate of drug-likeness (QED) is 0.910. The second-order valence-electron chi connectivity index (χ2n) is 4.50. The third-order valence-electron chi connectivity index (χ3n) is 3.09. The van der Waals surface area contributed by atoms with Crippen LogP contribution in [0.2, 0.25) is 0 Å². The Labute approximate surface area is 124 Å². The number of aromatic nitrogens is 2. The summed E-state index contributed by atoms with van der Waals surface area (Å²) in [5.74, 6) is 3.45. The summed E-state index contributed by atoms with van der Waals surface area (Å²) in [7, 11) is 0. The summed E-state index contributed by atoms with van der Waals surface area (Å²) in [6.45, 7) is 3.04. The van der Waals surface area contributed by atoms with Crippen LogP contribution >= 0.6 is 27.7 Å². The number of aryl methyl sites for hydroxylation is 1. The molecule has 2 aromatic rings. The van der Waals surface area contributed by atoms with E-state index in [1.165, 1.54) is 5.56 Å². The van der Waals surface area contributed by atoms with Gasteiger partial charge < -0.3 is 9.84 Å². The van der Waals surface area contributed by atoms with Crippen molar-refractivity contribution in [2.24, 2.45) is 0 Å². The fourth-order valence-electron chi connectivity index (χ4n) is 1.95. The summed E-state index contributed by atoms with van der Waals surface area (Å²) in [6, 6.07) is 6.25. The van der Waals surface area contributed by atoms with Crippen molar-refractivity contribution in [1.29, 1.82) is 0 Å². The number of halogens is 1. The summed E-state index contributed by atoms with van der Waals surface area (Å²) < 4.78 is 6.43. The first-order valence-corrected chi connectivity index (χ1v) is 8.10. The smallest absolute Gasteiger partial charge is 0.244 e. The van der Waals surface area contributed by atoms with Gasteiger partial charge in [-0.15, -0.1) is 0 Å². The standard InChI is InChI=1S/C13H14BrN3OS/c1-8-2-3-9(6-10(8)14)12-16-13(18-17-12)11-7-19-5-4-15-11/h2-3,6,11,15H,4-5,7H2,1H3. The summed E-state index contributed by atoms with van der Waals surface area (Å²) >= 11 is 5.43. The van der Waals surface area contributed by atoms with Gasteiger partial charge in [0.05, 0.1) is 6.04 Å². The van der Waals surface area contributed by atoms with Crippen LogP contribution in [0.25, 0.3) is 11.4 Å². The molecule has 3 rings (SSSR count). The van der Waals surface area contributed by atoms with Gasteiger partial charge in [0.2, 0.25) is 11.7 Å². The van der Waals surface area contributed by atoms with Crippen molar-refractivity contribution in [3.05, 3.63) is 34.1 Å². The fourth-order valence-corrected chi connectivity index (χ4v) is 3.25. The van der Waals surface area contributed by atoms with Crippen LogP contribution in [0.1, 0.15) is 17.5 Å². The number of thioether (sulfide) groups is 1. The van der Waals surface area contributed by atoms with Crippen molar-refractivity contribution in [3.8, 4) is 11.4 Å². The number of rotatable bonds is 2. The maximum Gasteiger partial charge on any atom is 0.244 e. The summed E-state index contributed by atoms with van der Waals surface area (Å²) in [6.07, 6.45) is 0. The Morgan fingerprint density at radius 1 is 1.47 bits per heavy atom. The highest BCUT2D eigenvalue weighted by atomic mass is 79.9. The van der Waals surface area contributed by atoms with Gasteiger partial charge in [0.1, 0.15) is 0 Å². The Balaban J connectivity index is 1.85. The molecule has 1 aromatic heterocycles. The molecule has 1 saturated heterocycles. The van der Waals surface area contributed by atoms with E-state index < -0.39 is 0 Å². The highest BCUT2D eigenvalue weighted by Crippen LogP contribution is 2.26. The van der Waals surface area contributed by atoms with Gasteiger partial charge in [-0.2, -0.15) is 16.7 Å². The van der Waals surface area contributed by atoms with Crippen LogP contribution in [0.3, 0.4) is 0 Å². The van der Waals surface area contributed by atoms with Gasteiger partial charge in [0.25, 0.3) is 0 Å². The van der Waals surface area contributed by atoms with Gasteiger partial charge >= 0.3 is 0 Å². The molecule has 1 unspecified atom stereocenters. The van der Waals surface area contributed by atoms with Gasteiger partial charge in [-0.1, -0.05) is 33.2 Å². The van der Waals surface area contributed by atoms with E-state index in [2.05, 4.69) is 38.3 Å². The van der Waals surface area contributed by atoms with Crippen LogP contribution in [0, 0.1) is 6.92 Å². The van der Waals surface area contributed by atoms with Crippen molar-refractivity contribution in [3.63, 3.8) is 0 Å². The van der Waals surface area contributed by atoms with E-state index in [4.69, 9.17) is 4.52 Å². The zero-order chi connectivity index (χ0) is 13.2. The number of benzene rings is 1. The van der Waals surface area contributed by atoms with Crippen LogP contribution in [-0.4, -0.2) is 28.2 Å². The minimum Gasteiger partial charge on any atom is -0.337 e. The van der Waals surface area contributed by atoms with Crippen molar-refractivity contribution in [2.45, 2.75) is 13.0 Å². The fraction of sp³-hybridized carbons (Fsp3) is 0.385. The molecule has 1 atom stereocenters. The lowest BCUT2D eigenvalue weighted by Gasteiger charge is -2.19. The van der Waals surface area contributed by atoms with Crippen molar-refractivity contribution in [1.82, 2.24) is 15.5 Å². The van der Waals surface area contributed by atoms with Gasteiger partial charge in [0, 0.05) is 28.1 Å². The molecule has 0 spiro atoms. The highest BCUT2D eigenvalue weighted by molar-refractivity contribution is 9.10. The summed E-state index contributed by atoms with van der Waals surface area (Å²) in [5, 5.41) is 7.47. The normalized spacial score (nSPS) is 19.6. The maximum atomic E-state index is 5.38. The Bertz CT molecular complexity index is 581. The second kappa shape index (κ2) is 5.64.